The van der Waals surface area contributed by atoms with Crippen molar-refractivity contribution in [2.45, 2.75) is 18.8 Å². The van der Waals surface area contributed by atoms with E-state index in [2.05, 4.69) is 34.7 Å². The second kappa shape index (κ2) is 6.49. The second-order valence-corrected chi connectivity index (χ2v) is 6.31. The predicted molar refractivity (Wildman–Crippen MR) is 95.1 cm³/mol. The molecule has 1 aromatic heterocycles. The summed E-state index contributed by atoms with van der Waals surface area (Å²) in [5, 5.41) is 17.8. The Balaban J connectivity index is 1.75. The van der Waals surface area contributed by atoms with Gasteiger partial charge in [-0.2, -0.15) is 0 Å². The molecule has 0 amide bonds. The van der Waals surface area contributed by atoms with Crippen molar-refractivity contribution in [1.82, 2.24) is 15.3 Å². The van der Waals surface area contributed by atoms with Crippen molar-refractivity contribution in [2.24, 2.45) is 0 Å². The molecule has 0 radical (unpaired) electrons. The molecule has 2 heterocycles. The third kappa shape index (κ3) is 2.81. The van der Waals surface area contributed by atoms with Crippen LogP contribution in [0.5, 0.6) is 0 Å². The van der Waals surface area contributed by atoms with Gasteiger partial charge in [0.25, 0.3) is 0 Å². The van der Waals surface area contributed by atoms with E-state index in [0.717, 1.165) is 53.2 Å². The number of benzene rings is 2. The standard InChI is InChI=1S/C20H21N3O/c24-23-20(19(14-22-23)16-9-11-21-12-10-16)18-8-4-7-17(13-18)15-5-2-1-3-6-15/h1-8,13-14,16,21,24H,9-12H2. The highest BCUT2D eigenvalue weighted by atomic mass is 16.5. The van der Waals surface area contributed by atoms with Crippen LogP contribution in [0.2, 0.25) is 0 Å². The molecule has 0 atom stereocenters. The Morgan fingerprint density at radius 3 is 2.42 bits per heavy atom. The number of aromatic nitrogens is 2. The molecule has 24 heavy (non-hydrogen) atoms. The van der Waals surface area contributed by atoms with Gasteiger partial charge >= 0.3 is 0 Å². The summed E-state index contributed by atoms with van der Waals surface area (Å²) in [5.41, 5.74) is 5.28. The summed E-state index contributed by atoms with van der Waals surface area (Å²) < 4.78 is 0. The van der Waals surface area contributed by atoms with Crippen LogP contribution in [0.25, 0.3) is 22.4 Å². The van der Waals surface area contributed by atoms with Crippen LogP contribution in [-0.2, 0) is 0 Å². The van der Waals surface area contributed by atoms with Crippen LogP contribution in [0.15, 0.2) is 60.8 Å². The molecule has 0 aliphatic carbocycles. The van der Waals surface area contributed by atoms with E-state index >= 15 is 0 Å². The molecule has 2 N–H and O–H groups in total. The van der Waals surface area contributed by atoms with Gasteiger partial charge in [-0.1, -0.05) is 48.5 Å². The van der Waals surface area contributed by atoms with Gasteiger partial charge in [-0.15, -0.1) is 9.94 Å². The van der Waals surface area contributed by atoms with Crippen molar-refractivity contribution >= 4 is 0 Å². The fourth-order valence-electron chi connectivity index (χ4n) is 3.54. The summed E-state index contributed by atoms with van der Waals surface area (Å²) in [6.07, 6.45) is 3.98. The predicted octanol–water partition coefficient (Wildman–Crippen LogP) is 3.92. The molecular weight excluding hydrogens is 298 g/mol. The first-order valence-electron chi connectivity index (χ1n) is 8.46. The Labute approximate surface area is 141 Å². The lowest BCUT2D eigenvalue weighted by atomic mass is 9.88. The summed E-state index contributed by atoms with van der Waals surface area (Å²) in [6.45, 7) is 2.04. The molecule has 4 heteroatoms. The van der Waals surface area contributed by atoms with E-state index in [1.165, 1.54) is 5.56 Å². The third-order valence-electron chi connectivity index (χ3n) is 4.80. The van der Waals surface area contributed by atoms with Crippen molar-refractivity contribution in [3.8, 4) is 22.4 Å². The first kappa shape index (κ1) is 15.0. The van der Waals surface area contributed by atoms with Gasteiger partial charge in [0.05, 0.1) is 6.20 Å². The Morgan fingerprint density at radius 1 is 0.917 bits per heavy atom. The Hall–Kier alpha value is -2.59. The summed E-state index contributed by atoms with van der Waals surface area (Å²) in [7, 11) is 0. The number of rotatable bonds is 3. The van der Waals surface area contributed by atoms with Crippen LogP contribution in [-0.4, -0.2) is 28.2 Å². The van der Waals surface area contributed by atoms with Crippen LogP contribution in [0.3, 0.4) is 0 Å². The minimum absolute atomic E-state index is 0.447. The van der Waals surface area contributed by atoms with Crippen LogP contribution < -0.4 is 5.32 Å². The molecule has 4 rings (SSSR count). The molecule has 1 aliphatic rings. The van der Waals surface area contributed by atoms with Crippen LogP contribution in [0.4, 0.5) is 0 Å². The van der Waals surface area contributed by atoms with E-state index in [0.29, 0.717) is 5.92 Å². The molecule has 1 fully saturated rings. The molecule has 1 aliphatic heterocycles. The molecule has 1 saturated heterocycles. The fraction of sp³-hybridized carbons (Fsp3) is 0.250. The normalized spacial score (nSPS) is 15.5. The lowest BCUT2D eigenvalue weighted by Crippen LogP contribution is -2.26. The Kier molecular flexibility index (Phi) is 4.05. The average Bonchev–Trinajstić information content (AvgIpc) is 3.05. The maximum Gasteiger partial charge on any atom is 0.113 e. The zero-order valence-electron chi connectivity index (χ0n) is 13.5. The fourth-order valence-corrected chi connectivity index (χ4v) is 3.54. The molecule has 0 bridgehead atoms. The van der Waals surface area contributed by atoms with Gasteiger partial charge in [0, 0.05) is 11.1 Å². The van der Waals surface area contributed by atoms with Crippen molar-refractivity contribution < 1.29 is 5.21 Å². The lowest BCUT2D eigenvalue weighted by molar-refractivity contribution is 0.153. The smallest absolute Gasteiger partial charge is 0.113 e. The highest BCUT2D eigenvalue weighted by Gasteiger charge is 2.23. The minimum Gasteiger partial charge on any atom is -0.411 e. The minimum atomic E-state index is 0.447. The summed E-state index contributed by atoms with van der Waals surface area (Å²) >= 11 is 0. The summed E-state index contributed by atoms with van der Waals surface area (Å²) in [5.74, 6) is 0.447. The van der Waals surface area contributed by atoms with E-state index in [9.17, 15) is 5.21 Å². The van der Waals surface area contributed by atoms with Crippen molar-refractivity contribution in [2.75, 3.05) is 13.1 Å². The van der Waals surface area contributed by atoms with Gasteiger partial charge in [0.15, 0.2) is 0 Å². The zero-order valence-corrected chi connectivity index (χ0v) is 13.5. The molecule has 4 nitrogen and oxygen atoms in total. The first-order chi connectivity index (χ1) is 11.8. The molecular formula is C20H21N3O. The van der Waals surface area contributed by atoms with Gasteiger partial charge in [0.2, 0.25) is 0 Å². The topological polar surface area (TPSA) is 50.1 Å². The summed E-state index contributed by atoms with van der Waals surface area (Å²) in [4.78, 5) is 1.03. The highest BCUT2D eigenvalue weighted by Crippen LogP contribution is 2.35. The van der Waals surface area contributed by atoms with Gasteiger partial charge in [-0.25, -0.2) is 0 Å². The van der Waals surface area contributed by atoms with Crippen molar-refractivity contribution in [3.05, 3.63) is 66.4 Å². The van der Waals surface area contributed by atoms with Crippen LogP contribution >= 0.6 is 0 Å². The van der Waals surface area contributed by atoms with Crippen molar-refractivity contribution in [1.29, 1.82) is 0 Å². The number of hydrogen-bond donors (Lipinski definition) is 2. The first-order valence-corrected chi connectivity index (χ1v) is 8.46. The van der Waals surface area contributed by atoms with E-state index in [1.54, 1.807) is 0 Å². The van der Waals surface area contributed by atoms with E-state index in [4.69, 9.17) is 0 Å². The molecule has 2 aromatic carbocycles. The number of piperidine rings is 1. The molecule has 0 spiro atoms. The number of nitrogens with zero attached hydrogens (tertiary/aromatic N) is 2. The Morgan fingerprint density at radius 2 is 1.62 bits per heavy atom. The van der Waals surface area contributed by atoms with E-state index in [1.807, 2.05) is 36.5 Å². The third-order valence-corrected chi connectivity index (χ3v) is 4.80. The van der Waals surface area contributed by atoms with Gasteiger partial charge in [-0.05, 0) is 49.0 Å². The SMILES string of the molecule is On1ncc(C2CCNCC2)c1-c1cccc(-c2ccccc2)c1. The van der Waals surface area contributed by atoms with Gasteiger partial charge in [-0.3, -0.25) is 0 Å². The number of hydrogen-bond acceptors (Lipinski definition) is 3. The quantitative estimate of drug-likeness (QED) is 0.719. The average molecular weight is 319 g/mol. The Bertz CT molecular complexity index is 820. The monoisotopic (exact) mass is 319 g/mol. The lowest BCUT2D eigenvalue weighted by Gasteiger charge is -2.22. The van der Waals surface area contributed by atoms with Gasteiger partial charge in [0.1, 0.15) is 5.69 Å². The maximum absolute atomic E-state index is 10.3. The number of nitrogens with one attached hydrogen (secondary N) is 1. The van der Waals surface area contributed by atoms with Gasteiger partial charge < -0.3 is 10.5 Å². The van der Waals surface area contributed by atoms with Crippen LogP contribution in [0, 0.1) is 0 Å². The van der Waals surface area contributed by atoms with Crippen LogP contribution in [0.1, 0.15) is 24.3 Å². The largest absolute Gasteiger partial charge is 0.411 e. The molecule has 0 unspecified atom stereocenters. The highest BCUT2D eigenvalue weighted by molar-refractivity contribution is 5.73. The molecule has 0 saturated carbocycles. The van der Waals surface area contributed by atoms with E-state index < -0.39 is 0 Å². The molecule has 3 aromatic rings. The summed E-state index contributed by atoms with van der Waals surface area (Å²) in [6, 6.07) is 18.6. The maximum atomic E-state index is 10.3. The van der Waals surface area contributed by atoms with Crippen molar-refractivity contribution in [3.63, 3.8) is 0 Å². The van der Waals surface area contributed by atoms with E-state index in [-0.39, 0.29) is 0 Å². The molecule has 122 valence electrons. The zero-order chi connectivity index (χ0) is 16.4. The second-order valence-electron chi connectivity index (χ2n) is 6.31.